The molecule has 1 aromatic rings. The van der Waals surface area contributed by atoms with Crippen molar-refractivity contribution in [3.05, 3.63) is 35.4 Å². The summed E-state index contributed by atoms with van der Waals surface area (Å²) >= 11 is 0. The van der Waals surface area contributed by atoms with E-state index in [2.05, 4.69) is 23.5 Å². The van der Waals surface area contributed by atoms with Crippen LogP contribution in [0.1, 0.15) is 96.2 Å². The summed E-state index contributed by atoms with van der Waals surface area (Å²) < 4.78 is 5.36. The first-order valence-electron chi connectivity index (χ1n) is 13.4. The second kappa shape index (κ2) is 14.4. The standard InChI is InChI=1S/C29H42N4O5/c1-6-8-9-19-31-26(35)25(21-15-13-20(7-2)14-16-21)33(22-11-10-12-22)27(36)23(17-18-24(30)34)32-28(37)38-29(3,4)5/h2,13-16,22-23,25H,6,8-12,17-19H2,1,3-5H3,(H2,30,34)(H,31,35)(H,32,37). The van der Waals surface area contributed by atoms with Gasteiger partial charge in [0.25, 0.3) is 0 Å². The largest absolute Gasteiger partial charge is 0.444 e. The molecule has 9 heteroatoms. The van der Waals surface area contributed by atoms with Crippen molar-refractivity contribution in [2.75, 3.05) is 6.54 Å². The van der Waals surface area contributed by atoms with Gasteiger partial charge in [0.2, 0.25) is 17.7 Å². The van der Waals surface area contributed by atoms with Gasteiger partial charge in [0.15, 0.2) is 0 Å². The Kier molecular flexibility index (Phi) is 11.6. The number of alkyl carbamates (subject to hydrolysis) is 1. The number of nitrogens with zero attached hydrogens (tertiary/aromatic N) is 1. The number of carbonyl (C=O) groups is 4. The molecule has 9 nitrogen and oxygen atoms in total. The lowest BCUT2D eigenvalue weighted by Gasteiger charge is -2.43. The molecule has 1 fully saturated rings. The average Bonchev–Trinajstić information content (AvgIpc) is 2.81. The Morgan fingerprint density at radius 3 is 2.32 bits per heavy atom. The van der Waals surface area contributed by atoms with Gasteiger partial charge in [-0.2, -0.15) is 0 Å². The SMILES string of the molecule is C#Cc1ccc(C(C(=O)NCCCCC)N(C(=O)C(CCC(N)=O)NC(=O)OC(C)(C)C)C2CCC2)cc1. The molecule has 1 saturated carbocycles. The zero-order valence-electron chi connectivity index (χ0n) is 23.0. The maximum atomic E-state index is 14.1. The van der Waals surface area contributed by atoms with Crippen molar-refractivity contribution in [2.45, 2.75) is 103 Å². The van der Waals surface area contributed by atoms with E-state index in [0.29, 0.717) is 17.7 Å². The van der Waals surface area contributed by atoms with Crippen LogP contribution in [0.5, 0.6) is 0 Å². The number of hydrogen-bond acceptors (Lipinski definition) is 5. The number of amides is 4. The normalized spacial score (nSPS) is 14.8. The molecule has 0 aromatic heterocycles. The topological polar surface area (TPSA) is 131 Å². The Morgan fingerprint density at radius 2 is 1.82 bits per heavy atom. The molecule has 38 heavy (non-hydrogen) atoms. The van der Waals surface area contributed by atoms with Gasteiger partial charge < -0.3 is 26.0 Å². The molecule has 0 aliphatic heterocycles. The lowest BCUT2D eigenvalue weighted by atomic mass is 9.87. The highest BCUT2D eigenvalue weighted by atomic mass is 16.6. The van der Waals surface area contributed by atoms with Gasteiger partial charge in [0.05, 0.1) is 0 Å². The number of nitrogens with one attached hydrogen (secondary N) is 2. The van der Waals surface area contributed by atoms with E-state index in [1.54, 1.807) is 49.9 Å². The molecule has 0 heterocycles. The van der Waals surface area contributed by atoms with Gasteiger partial charge in [-0.1, -0.05) is 37.8 Å². The van der Waals surface area contributed by atoms with Crippen LogP contribution in [0.4, 0.5) is 4.79 Å². The number of rotatable bonds is 13. The first kappa shape index (κ1) is 30.7. The summed E-state index contributed by atoms with van der Waals surface area (Å²) in [5.74, 6) is 1.20. The van der Waals surface area contributed by atoms with E-state index < -0.39 is 35.6 Å². The van der Waals surface area contributed by atoms with E-state index in [-0.39, 0.29) is 24.8 Å². The zero-order valence-corrected chi connectivity index (χ0v) is 23.0. The molecule has 2 unspecified atom stereocenters. The van der Waals surface area contributed by atoms with Crippen molar-refractivity contribution in [3.63, 3.8) is 0 Å². The van der Waals surface area contributed by atoms with Gasteiger partial charge >= 0.3 is 6.09 Å². The summed E-state index contributed by atoms with van der Waals surface area (Å²) in [7, 11) is 0. The van der Waals surface area contributed by atoms with Gasteiger partial charge in [-0.15, -0.1) is 6.42 Å². The minimum absolute atomic E-state index is 0.0164. The van der Waals surface area contributed by atoms with E-state index in [4.69, 9.17) is 16.9 Å². The van der Waals surface area contributed by atoms with Crippen molar-refractivity contribution >= 4 is 23.8 Å². The van der Waals surface area contributed by atoms with Crippen molar-refractivity contribution < 1.29 is 23.9 Å². The molecule has 1 aliphatic rings. The molecular formula is C29H42N4O5. The third-order valence-corrected chi connectivity index (χ3v) is 6.39. The van der Waals surface area contributed by atoms with Crippen molar-refractivity contribution in [2.24, 2.45) is 5.73 Å². The molecule has 2 atom stereocenters. The van der Waals surface area contributed by atoms with Gasteiger partial charge in [0.1, 0.15) is 17.7 Å². The minimum atomic E-state index is -1.10. The highest BCUT2D eigenvalue weighted by Gasteiger charge is 2.42. The highest BCUT2D eigenvalue weighted by Crippen LogP contribution is 2.34. The predicted octanol–water partition coefficient (Wildman–Crippen LogP) is 3.56. The molecule has 4 N–H and O–H groups in total. The van der Waals surface area contributed by atoms with E-state index in [1.807, 2.05) is 0 Å². The molecule has 1 aliphatic carbocycles. The highest BCUT2D eigenvalue weighted by molar-refractivity contribution is 5.92. The lowest BCUT2D eigenvalue weighted by Crippen LogP contribution is -2.57. The molecule has 0 spiro atoms. The molecule has 0 saturated heterocycles. The van der Waals surface area contributed by atoms with Crippen LogP contribution >= 0.6 is 0 Å². The predicted molar refractivity (Wildman–Crippen MR) is 146 cm³/mol. The van der Waals surface area contributed by atoms with Crippen LogP contribution in [-0.2, 0) is 19.1 Å². The molecule has 4 amide bonds. The van der Waals surface area contributed by atoms with Crippen LogP contribution in [0.25, 0.3) is 0 Å². The zero-order chi connectivity index (χ0) is 28.3. The maximum Gasteiger partial charge on any atom is 0.408 e. The number of carbonyl (C=O) groups excluding carboxylic acids is 4. The van der Waals surface area contributed by atoms with Crippen LogP contribution in [0.2, 0.25) is 0 Å². The van der Waals surface area contributed by atoms with E-state index in [0.717, 1.165) is 38.5 Å². The third-order valence-electron chi connectivity index (χ3n) is 6.39. The number of primary amides is 1. The third kappa shape index (κ3) is 9.40. The summed E-state index contributed by atoms with van der Waals surface area (Å²) in [5, 5.41) is 5.60. The summed E-state index contributed by atoms with van der Waals surface area (Å²) in [6, 6.07) is 4.75. The van der Waals surface area contributed by atoms with E-state index in [9.17, 15) is 19.2 Å². The van der Waals surface area contributed by atoms with Crippen LogP contribution in [0.3, 0.4) is 0 Å². The van der Waals surface area contributed by atoms with Gasteiger partial charge in [0, 0.05) is 24.6 Å². The van der Waals surface area contributed by atoms with Gasteiger partial charge in [-0.3, -0.25) is 14.4 Å². The fourth-order valence-corrected chi connectivity index (χ4v) is 4.24. The summed E-state index contributed by atoms with van der Waals surface area (Å²) in [6.07, 6.45) is 9.78. The second-order valence-electron chi connectivity index (χ2n) is 10.7. The lowest BCUT2D eigenvalue weighted by molar-refractivity contribution is -0.147. The maximum absolute atomic E-state index is 14.1. The van der Waals surface area contributed by atoms with E-state index in [1.165, 1.54) is 0 Å². The first-order valence-corrected chi connectivity index (χ1v) is 13.4. The van der Waals surface area contributed by atoms with Crippen LogP contribution in [-0.4, -0.2) is 52.9 Å². The summed E-state index contributed by atoms with van der Waals surface area (Å²) in [4.78, 5) is 53.5. The van der Waals surface area contributed by atoms with Gasteiger partial charge in [-0.05, 0) is 70.6 Å². The molecule has 208 valence electrons. The molecule has 0 bridgehead atoms. The quantitative estimate of drug-likeness (QED) is 0.267. The van der Waals surface area contributed by atoms with Crippen LogP contribution < -0.4 is 16.4 Å². The van der Waals surface area contributed by atoms with Crippen molar-refractivity contribution in [1.29, 1.82) is 0 Å². The van der Waals surface area contributed by atoms with Crippen LogP contribution in [0.15, 0.2) is 24.3 Å². The number of benzene rings is 1. The Labute approximate surface area is 226 Å². The smallest absolute Gasteiger partial charge is 0.408 e. The molecular weight excluding hydrogens is 484 g/mol. The number of unbranched alkanes of at least 4 members (excludes halogenated alkanes) is 2. The van der Waals surface area contributed by atoms with Crippen molar-refractivity contribution in [1.82, 2.24) is 15.5 Å². The Bertz CT molecular complexity index is 1010. The fraction of sp³-hybridized carbons (Fsp3) is 0.586. The number of ether oxygens (including phenoxy) is 1. The second-order valence-corrected chi connectivity index (χ2v) is 10.7. The molecule has 0 radical (unpaired) electrons. The number of hydrogen-bond donors (Lipinski definition) is 3. The van der Waals surface area contributed by atoms with Crippen molar-refractivity contribution in [3.8, 4) is 12.3 Å². The number of nitrogens with two attached hydrogens (primary N) is 1. The Morgan fingerprint density at radius 1 is 1.16 bits per heavy atom. The Balaban J connectivity index is 2.45. The average molecular weight is 527 g/mol. The summed E-state index contributed by atoms with van der Waals surface area (Å²) in [5.41, 5.74) is 5.85. The number of terminal acetylenes is 1. The summed E-state index contributed by atoms with van der Waals surface area (Å²) in [6.45, 7) is 7.71. The molecule has 2 rings (SSSR count). The minimum Gasteiger partial charge on any atom is -0.444 e. The Hall–Kier alpha value is -3.54. The van der Waals surface area contributed by atoms with E-state index >= 15 is 0 Å². The van der Waals surface area contributed by atoms with Gasteiger partial charge in [-0.25, -0.2) is 4.79 Å². The molecule has 1 aromatic carbocycles. The fourth-order valence-electron chi connectivity index (χ4n) is 4.24. The van der Waals surface area contributed by atoms with Crippen LogP contribution in [0, 0.1) is 12.3 Å². The monoisotopic (exact) mass is 526 g/mol. The first-order chi connectivity index (χ1) is 18.0.